The summed E-state index contributed by atoms with van der Waals surface area (Å²) in [6.07, 6.45) is 1.42. The molecule has 2 aliphatic rings. The minimum absolute atomic E-state index is 0.0331. The van der Waals surface area contributed by atoms with E-state index >= 15 is 0 Å². The van der Waals surface area contributed by atoms with Crippen LogP contribution >= 0.6 is 15.9 Å². The van der Waals surface area contributed by atoms with E-state index in [-0.39, 0.29) is 23.7 Å². The Balaban J connectivity index is 1.52. The summed E-state index contributed by atoms with van der Waals surface area (Å²) in [5.74, 6) is -0.537. The van der Waals surface area contributed by atoms with E-state index in [1.54, 1.807) is 9.80 Å². The third-order valence-electron chi connectivity index (χ3n) is 4.66. The molecule has 1 aromatic carbocycles. The predicted molar refractivity (Wildman–Crippen MR) is 93.3 cm³/mol. The number of aryl methyl sites for hydroxylation is 1. The number of hydrogen-bond donors (Lipinski definition) is 1. The number of nitrogens with one attached hydrogen (secondary N) is 1. The van der Waals surface area contributed by atoms with E-state index in [9.17, 15) is 14.4 Å². The highest BCUT2D eigenvalue weighted by Crippen LogP contribution is 2.41. The summed E-state index contributed by atoms with van der Waals surface area (Å²) >= 11 is 3.45. The number of rotatable bonds is 4. The Bertz CT molecular complexity index is 671. The van der Waals surface area contributed by atoms with Crippen molar-refractivity contribution < 1.29 is 14.4 Å². The molecule has 2 unspecified atom stereocenters. The van der Waals surface area contributed by atoms with Crippen molar-refractivity contribution in [2.45, 2.75) is 13.3 Å². The first kappa shape index (κ1) is 17.0. The van der Waals surface area contributed by atoms with E-state index in [0.717, 1.165) is 22.1 Å². The SMILES string of the molecule is Cc1ccc(NC(=O)C2CC2C(=O)N2CCN(C=O)CC2)cc1Br. The van der Waals surface area contributed by atoms with Gasteiger partial charge in [0, 0.05) is 36.3 Å². The Hall–Kier alpha value is -1.89. The molecule has 1 saturated heterocycles. The molecule has 1 aliphatic heterocycles. The van der Waals surface area contributed by atoms with Crippen LogP contribution in [0.3, 0.4) is 0 Å². The second kappa shape index (κ2) is 6.93. The van der Waals surface area contributed by atoms with E-state index < -0.39 is 0 Å². The van der Waals surface area contributed by atoms with Crippen molar-refractivity contribution in [3.63, 3.8) is 0 Å². The number of carbonyl (C=O) groups excluding carboxylic acids is 3. The van der Waals surface area contributed by atoms with E-state index in [1.807, 2.05) is 25.1 Å². The third-order valence-corrected chi connectivity index (χ3v) is 5.51. The Labute approximate surface area is 149 Å². The molecule has 0 bridgehead atoms. The normalized spacial score (nSPS) is 22.9. The van der Waals surface area contributed by atoms with Crippen LogP contribution in [0.2, 0.25) is 0 Å². The molecule has 7 heteroatoms. The summed E-state index contributed by atoms with van der Waals surface area (Å²) in [4.78, 5) is 38.9. The van der Waals surface area contributed by atoms with Crippen LogP contribution in [0.25, 0.3) is 0 Å². The second-order valence-corrected chi connectivity index (χ2v) is 7.22. The molecule has 2 atom stereocenters. The summed E-state index contributed by atoms with van der Waals surface area (Å²) in [7, 11) is 0. The van der Waals surface area contributed by atoms with E-state index in [4.69, 9.17) is 0 Å². The highest BCUT2D eigenvalue weighted by molar-refractivity contribution is 9.10. The zero-order chi connectivity index (χ0) is 17.3. The lowest BCUT2D eigenvalue weighted by Crippen LogP contribution is -2.48. The summed E-state index contributed by atoms with van der Waals surface area (Å²) in [6.45, 7) is 4.21. The van der Waals surface area contributed by atoms with Crippen molar-refractivity contribution in [1.29, 1.82) is 0 Å². The highest BCUT2D eigenvalue weighted by Gasteiger charge is 2.49. The number of carbonyl (C=O) groups is 3. The molecule has 1 heterocycles. The monoisotopic (exact) mass is 393 g/mol. The van der Waals surface area contributed by atoms with Crippen molar-refractivity contribution in [2.75, 3.05) is 31.5 Å². The number of benzene rings is 1. The van der Waals surface area contributed by atoms with E-state index in [0.29, 0.717) is 32.6 Å². The lowest BCUT2D eigenvalue weighted by molar-refractivity contribution is -0.137. The fourth-order valence-electron chi connectivity index (χ4n) is 2.95. The molecule has 1 aliphatic carbocycles. The molecule has 128 valence electrons. The molecule has 0 radical (unpaired) electrons. The Morgan fingerprint density at radius 1 is 1.21 bits per heavy atom. The molecular formula is C17H20BrN3O3. The average molecular weight is 394 g/mol. The van der Waals surface area contributed by atoms with Gasteiger partial charge in [-0.3, -0.25) is 14.4 Å². The van der Waals surface area contributed by atoms with Gasteiger partial charge >= 0.3 is 0 Å². The van der Waals surface area contributed by atoms with Gasteiger partial charge in [-0.15, -0.1) is 0 Å². The van der Waals surface area contributed by atoms with Gasteiger partial charge in [0.05, 0.1) is 11.8 Å². The van der Waals surface area contributed by atoms with Crippen LogP contribution in [-0.4, -0.2) is 54.2 Å². The first-order chi connectivity index (χ1) is 11.5. The first-order valence-corrected chi connectivity index (χ1v) is 8.84. The van der Waals surface area contributed by atoms with Crippen LogP contribution in [0.5, 0.6) is 0 Å². The van der Waals surface area contributed by atoms with Gasteiger partial charge in [-0.05, 0) is 31.0 Å². The lowest BCUT2D eigenvalue weighted by atomic mass is 10.2. The van der Waals surface area contributed by atoms with Gasteiger partial charge in [-0.2, -0.15) is 0 Å². The molecular weight excluding hydrogens is 374 g/mol. The fraction of sp³-hybridized carbons (Fsp3) is 0.471. The standard InChI is InChI=1S/C17H20BrN3O3/c1-11-2-3-12(8-15(11)18)19-16(23)13-9-14(13)17(24)21-6-4-20(10-22)5-7-21/h2-3,8,10,13-14H,4-7,9H2,1H3,(H,19,23). The van der Waals surface area contributed by atoms with Crippen LogP contribution in [0.15, 0.2) is 22.7 Å². The highest BCUT2D eigenvalue weighted by atomic mass is 79.9. The molecule has 3 rings (SSSR count). The van der Waals surface area contributed by atoms with Gasteiger partial charge in [0.15, 0.2) is 0 Å². The largest absolute Gasteiger partial charge is 0.342 e. The fourth-order valence-corrected chi connectivity index (χ4v) is 3.32. The number of anilines is 1. The first-order valence-electron chi connectivity index (χ1n) is 8.04. The molecule has 1 N–H and O–H groups in total. The molecule has 24 heavy (non-hydrogen) atoms. The van der Waals surface area contributed by atoms with Gasteiger partial charge in [0.25, 0.3) is 0 Å². The zero-order valence-corrected chi connectivity index (χ0v) is 15.1. The maximum Gasteiger partial charge on any atom is 0.228 e. The van der Waals surface area contributed by atoms with Crippen molar-refractivity contribution >= 4 is 39.8 Å². The van der Waals surface area contributed by atoms with Gasteiger partial charge in [0.2, 0.25) is 18.2 Å². The van der Waals surface area contributed by atoms with Crippen molar-refractivity contribution in [3.05, 3.63) is 28.2 Å². The number of nitrogens with zero attached hydrogens (tertiary/aromatic N) is 2. The van der Waals surface area contributed by atoms with Crippen LogP contribution in [0.1, 0.15) is 12.0 Å². The topological polar surface area (TPSA) is 69.7 Å². The van der Waals surface area contributed by atoms with Gasteiger partial charge in [-0.25, -0.2) is 0 Å². The van der Waals surface area contributed by atoms with Gasteiger partial charge < -0.3 is 15.1 Å². The van der Waals surface area contributed by atoms with E-state index in [1.165, 1.54) is 0 Å². The number of amides is 3. The minimum atomic E-state index is -0.248. The number of piperazine rings is 1. The molecule has 6 nitrogen and oxygen atoms in total. The summed E-state index contributed by atoms with van der Waals surface area (Å²) in [5, 5.41) is 2.88. The molecule has 0 aromatic heterocycles. The van der Waals surface area contributed by atoms with Gasteiger partial charge in [-0.1, -0.05) is 22.0 Å². The molecule has 0 spiro atoms. The molecule has 1 aromatic rings. The molecule has 2 fully saturated rings. The number of halogens is 1. The van der Waals surface area contributed by atoms with E-state index in [2.05, 4.69) is 21.2 Å². The summed E-state index contributed by atoms with van der Waals surface area (Å²) in [6, 6.07) is 5.66. The Kier molecular flexibility index (Phi) is 4.89. The smallest absolute Gasteiger partial charge is 0.228 e. The van der Waals surface area contributed by atoms with Crippen LogP contribution in [-0.2, 0) is 14.4 Å². The molecule has 3 amide bonds. The van der Waals surface area contributed by atoms with Crippen molar-refractivity contribution in [2.24, 2.45) is 11.8 Å². The summed E-state index contributed by atoms with van der Waals surface area (Å²) < 4.78 is 0.941. The predicted octanol–water partition coefficient (Wildman–Crippen LogP) is 1.63. The minimum Gasteiger partial charge on any atom is -0.342 e. The molecule has 1 saturated carbocycles. The van der Waals surface area contributed by atoms with Crippen molar-refractivity contribution in [1.82, 2.24) is 9.80 Å². The van der Waals surface area contributed by atoms with Crippen LogP contribution in [0, 0.1) is 18.8 Å². The van der Waals surface area contributed by atoms with Crippen LogP contribution < -0.4 is 5.32 Å². The third kappa shape index (κ3) is 3.61. The second-order valence-electron chi connectivity index (χ2n) is 6.37. The Morgan fingerprint density at radius 2 is 1.92 bits per heavy atom. The summed E-state index contributed by atoms with van der Waals surface area (Å²) in [5.41, 5.74) is 1.83. The maximum atomic E-state index is 12.5. The maximum absolute atomic E-state index is 12.5. The zero-order valence-electron chi connectivity index (χ0n) is 13.5. The van der Waals surface area contributed by atoms with Crippen molar-refractivity contribution in [3.8, 4) is 0 Å². The Morgan fingerprint density at radius 3 is 2.54 bits per heavy atom. The van der Waals surface area contributed by atoms with Gasteiger partial charge in [0.1, 0.15) is 0 Å². The quantitative estimate of drug-likeness (QED) is 0.790. The average Bonchev–Trinajstić information content (AvgIpc) is 3.38. The number of hydrogen-bond acceptors (Lipinski definition) is 3. The van der Waals surface area contributed by atoms with Crippen LogP contribution in [0.4, 0.5) is 5.69 Å². The lowest BCUT2D eigenvalue weighted by Gasteiger charge is -2.32.